The molecule has 0 fully saturated rings. The maximum Gasteiger partial charge on any atom is 0.272 e. The molecule has 0 radical (unpaired) electrons. The number of nitrogens with one attached hydrogen (secondary N) is 2. The zero-order chi connectivity index (χ0) is 24.4. The van der Waals surface area contributed by atoms with Crippen LogP contribution in [-0.4, -0.2) is 54.5 Å². The number of nitrogens with zero attached hydrogens (tertiary/aromatic N) is 2. The lowest BCUT2D eigenvalue weighted by molar-refractivity contribution is -0.131. The Bertz CT molecular complexity index is 1270. The minimum atomic E-state index is -0.302. The van der Waals surface area contributed by atoms with Crippen LogP contribution in [0, 0.1) is 0 Å². The average molecular weight is 479 g/mol. The predicted molar refractivity (Wildman–Crippen MR) is 125 cm³/mol. The van der Waals surface area contributed by atoms with Gasteiger partial charge in [0.15, 0.2) is 17.2 Å². The Balaban J connectivity index is 1.25. The number of benzene rings is 2. The second kappa shape index (κ2) is 9.57. The van der Waals surface area contributed by atoms with E-state index in [1.807, 2.05) is 18.2 Å². The Morgan fingerprint density at radius 1 is 1.11 bits per heavy atom. The topological polar surface area (TPSA) is 115 Å². The summed E-state index contributed by atoms with van der Waals surface area (Å²) in [4.78, 5) is 27.8. The summed E-state index contributed by atoms with van der Waals surface area (Å²) >= 11 is 0. The fourth-order valence-corrected chi connectivity index (χ4v) is 4.31. The van der Waals surface area contributed by atoms with Crippen LogP contribution in [0.1, 0.15) is 32.9 Å². The number of aromatic nitrogens is 2. The van der Waals surface area contributed by atoms with E-state index in [4.69, 9.17) is 18.9 Å². The van der Waals surface area contributed by atoms with Gasteiger partial charge in [0.1, 0.15) is 11.5 Å². The third-order valence-electron chi connectivity index (χ3n) is 6.22. The molecule has 0 saturated carbocycles. The highest BCUT2D eigenvalue weighted by molar-refractivity contribution is 5.94. The van der Waals surface area contributed by atoms with Gasteiger partial charge in [0.05, 0.1) is 20.6 Å². The SMILES string of the molecule is COc1ccc(OC)c(CC(=O)N2CCc3[nH]nc(C(=O)NCc4ccc5c(c4)OCO5)c3C2)c1. The second-order valence-corrected chi connectivity index (χ2v) is 8.32. The van der Waals surface area contributed by atoms with Crippen LogP contribution in [0.3, 0.4) is 0 Å². The molecule has 10 nitrogen and oxygen atoms in total. The number of hydrogen-bond acceptors (Lipinski definition) is 7. The number of hydrogen-bond donors (Lipinski definition) is 2. The molecular weight excluding hydrogens is 452 g/mol. The zero-order valence-corrected chi connectivity index (χ0v) is 19.6. The first-order valence-electron chi connectivity index (χ1n) is 11.3. The highest BCUT2D eigenvalue weighted by Crippen LogP contribution is 2.32. The van der Waals surface area contributed by atoms with E-state index in [9.17, 15) is 9.59 Å². The van der Waals surface area contributed by atoms with Crippen molar-refractivity contribution in [3.8, 4) is 23.0 Å². The highest BCUT2D eigenvalue weighted by Gasteiger charge is 2.28. The largest absolute Gasteiger partial charge is 0.497 e. The Hall–Kier alpha value is -4.21. The average Bonchev–Trinajstić information content (AvgIpc) is 3.53. The van der Waals surface area contributed by atoms with Gasteiger partial charge in [0, 0.05) is 42.9 Å². The minimum absolute atomic E-state index is 0.0601. The molecule has 0 atom stereocenters. The van der Waals surface area contributed by atoms with Gasteiger partial charge in [-0.05, 0) is 35.9 Å². The molecule has 1 aromatic heterocycles. The first-order chi connectivity index (χ1) is 17.1. The minimum Gasteiger partial charge on any atom is -0.497 e. The van der Waals surface area contributed by atoms with Crippen LogP contribution in [0.2, 0.25) is 0 Å². The van der Waals surface area contributed by atoms with Crippen LogP contribution in [0.5, 0.6) is 23.0 Å². The molecule has 2 amide bonds. The number of H-pyrrole nitrogens is 1. The van der Waals surface area contributed by atoms with Gasteiger partial charge < -0.3 is 29.2 Å². The maximum absolute atomic E-state index is 13.1. The van der Waals surface area contributed by atoms with Gasteiger partial charge in [-0.25, -0.2) is 0 Å². The van der Waals surface area contributed by atoms with E-state index >= 15 is 0 Å². The van der Waals surface area contributed by atoms with Crippen LogP contribution in [0.4, 0.5) is 0 Å². The number of carbonyl (C=O) groups is 2. The van der Waals surface area contributed by atoms with Gasteiger partial charge in [-0.3, -0.25) is 14.7 Å². The summed E-state index contributed by atoms with van der Waals surface area (Å²) in [5.41, 5.74) is 3.55. The van der Waals surface area contributed by atoms with Crippen LogP contribution in [0.15, 0.2) is 36.4 Å². The molecule has 0 saturated heterocycles. The molecule has 3 aromatic rings. The number of fused-ring (bicyclic) bond motifs is 2. The summed E-state index contributed by atoms with van der Waals surface area (Å²) < 4.78 is 21.4. The molecule has 182 valence electrons. The van der Waals surface area contributed by atoms with Crippen molar-refractivity contribution < 1.29 is 28.5 Å². The normalized spacial score (nSPS) is 13.8. The van der Waals surface area contributed by atoms with Crippen LogP contribution >= 0.6 is 0 Å². The molecule has 2 aliphatic rings. The van der Waals surface area contributed by atoms with Crippen molar-refractivity contribution in [1.82, 2.24) is 20.4 Å². The third kappa shape index (κ3) is 4.59. The van der Waals surface area contributed by atoms with Gasteiger partial charge in [-0.15, -0.1) is 0 Å². The zero-order valence-electron chi connectivity index (χ0n) is 19.6. The standard InChI is InChI=1S/C25H26N4O6/c1-32-17-4-6-20(33-2)16(10-17)11-23(30)29-8-7-19-18(13-29)24(28-27-19)25(31)26-12-15-3-5-21-22(9-15)35-14-34-21/h3-6,9-10H,7-8,11-14H2,1-2H3,(H,26,31)(H,27,28). The Morgan fingerprint density at radius 2 is 1.97 bits per heavy atom. The number of rotatable bonds is 7. The molecule has 2 N–H and O–H groups in total. The summed E-state index contributed by atoms with van der Waals surface area (Å²) in [6.07, 6.45) is 0.762. The number of methoxy groups -OCH3 is 2. The van der Waals surface area contributed by atoms with Crippen molar-refractivity contribution in [3.05, 3.63) is 64.5 Å². The predicted octanol–water partition coefficient (Wildman–Crippen LogP) is 2.21. The van der Waals surface area contributed by atoms with E-state index in [0.717, 1.165) is 22.4 Å². The lowest BCUT2D eigenvalue weighted by atomic mass is 10.0. The second-order valence-electron chi connectivity index (χ2n) is 8.32. The first kappa shape index (κ1) is 22.6. The van der Waals surface area contributed by atoms with Gasteiger partial charge in [-0.1, -0.05) is 6.07 Å². The third-order valence-corrected chi connectivity index (χ3v) is 6.22. The van der Waals surface area contributed by atoms with Crippen molar-refractivity contribution in [3.63, 3.8) is 0 Å². The molecule has 0 bridgehead atoms. The van der Waals surface area contributed by atoms with Crippen molar-refractivity contribution >= 4 is 11.8 Å². The van der Waals surface area contributed by atoms with E-state index in [1.165, 1.54) is 0 Å². The molecule has 0 aliphatic carbocycles. The van der Waals surface area contributed by atoms with Crippen molar-refractivity contribution in [2.24, 2.45) is 0 Å². The van der Waals surface area contributed by atoms with E-state index in [0.29, 0.717) is 54.7 Å². The van der Waals surface area contributed by atoms with Crippen molar-refractivity contribution in [2.45, 2.75) is 25.9 Å². The van der Waals surface area contributed by atoms with Gasteiger partial charge in [0.25, 0.3) is 5.91 Å². The summed E-state index contributed by atoms with van der Waals surface area (Å²) in [6, 6.07) is 10.9. The quantitative estimate of drug-likeness (QED) is 0.535. The monoisotopic (exact) mass is 478 g/mol. The molecular formula is C25H26N4O6. The molecule has 0 unspecified atom stereocenters. The summed E-state index contributed by atoms with van der Waals surface area (Å²) in [7, 11) is 3.15. The number of ether oxygens (including phenoxy) is 4. The van der Waals surface area contributed by atoms with Gasteiger partial charge >= 0.3 is 0 Å². The Labute approximate surface area is 202 Å². The summed E-state index contributed by atoms with van der Waals surface area (Å²) in [5.74, 6) is 2.28. The molecule has 2 aromatic carbocycles. The Kier molecular flexibility index (Phi) is 6.17. The molecule has 35 heavy (non-hydrogen) atoms. The van der Waals surface area contributed by atoms with E-state index in [2.05, 4.69) is 15.5 Å². The number of aromatic amines is 1. The number of amides is 2. The first-order valence-corrected chi connectivity index (χ1v) is 11.3. The van der Waals surface area contributed by atoms with Crippen LogP contribution in [-0.2, 0) is 30.7 Å². The molecule has 5 rings (SSSR count). The Morgan fingerprint density at radius 3 is 2.80 bits per heavy atom. The number of carbonyl (C=O) groups excluding carboxylic acids is 2. The maximum atomic E-state index is 13.1. The lowest BCUT2D eigenvalue weighted by Crippen LogP contribution is -2.37. The van der Waals surface area contributed by atoms with Crippen molar-refractivity contribution in [2.75, 3.05) is 27.6 Å². The van der Waals surface area contributed by atoms with E-state index in [-0.39, 0.29) is 25.0 Å². The van der Waals surface area contributed by atoms with Crippen LogP contribution in [0.25, 0.3) is 0 Å². The van der Waals surface area contributed by atoms with E-state index < -0.39 is 0 Å². The van der Waals surface area contributed by atoms with E-state index in [1.54, 1.807) is 37.3 Å². The molecule has 0 spiro atoms. The molecule has 2 aliphatic heterocycles. The van der Waals surface area contributed by atoms with Gasteiger partial charge in [0.2, 0.25) is 12.7 Å². The molecule has 10 heteroatoms. The highest BCUT2D eigenvalue weighted by atomic mass is 16.7. The summed E-state index contributed by atoms with van der Waals surface area (Å²) in [6.45, 7) is 1.36. The fraction of sp³-hybridized carbons (Fsp3) is 0.320. The van der Waals surface area contributed by atoms with Crippen LogP contribution < -0.4 is 24.3 Å². The fourth-order valence-electron chi connectivity index (χ4n) is 4.31. The molecule has 3 heterocycles. The lowest BCUT2D eigenvalue weighted by Gasteiger charge is -2.27. The van der Waals surface area contributed by atoms with Crippen molar-refractivity contribution in [1.29, 1.82) is 0 Å². The summed E-state index contributed by atoms with van der Waals surface area (Å²) in [5, 5.41) is 10.1. The van der Waals surface area contributed by atoms with Gasteiger partial charge in [-0.2, -0.15) is 5.10 Å². The smallest absolute Gasteiger partial charge is 0.272 e.